The number of carbonyl (C=O) groups excluding carboxylic acids is 1. The van der Waals surface area contributed by atoms with Crippen LogP contribution in [0.2, 0.25) is 19.6 Å². The van der Waals surface area contributed by atoms with Crippen LogP contribution in [0.1, 0.15) is 13.8 Å². The maximum atomic E-state index is 10.7. The van der Waals surface area contributed by atoms with Gasteiger partial charge in [-0.05, 0) is 6.92 Å². The summed E-state index contributed by atoms with van der Waals surface area (Å²) in [5.41, 5.74) is 0.0139. The van der Waals surface area contributed by atoms with Gasteiger partial charge < -0.3 is 4.74 Å². The zero-order chi connectivity index (χ0) is 9.78. The summed E-state index contributed by atoms with van der Waals surface area (Å²) in [6.45, 7) is 9.94. The van der Waals surface area contributed by atoms with Crippen molar-refractivity contribution in [3.8, 4) is 0 Å². The van der Waals surface area contributed by atoms with Crippen molar-refractivity contribution >= 4 is 14.0 Å². The molecular formula is C9H18O2Si. The predicted molar refractivity (Wildman–Crippen MR) is 53.7 cm³/mol. The molecule has 0 bridgehead atoms. The van der Waals surface area contributed by atoms with E-state index in [4.69, 9.17) is 4.74 Å². The second-order valence-corrected chi connectivity index (χ2v) is 9.22. The van der Waals surface area contributed by atoms with Gasteiger partial charge in [0.25, 0.3) is 0 Å². The van der Waals surface area contributed by atoms with Gasteiger partial charge in [0.05, 0.1) is 8.07 Å². The van der Waals surface area contributed by atoms with E-state index in [-0.39, 0.29) is 11.7 Å². The van der Waals surface area contributed by atoms with Crippen molar-refractivity contribution in [2.24, 2.45) is 0 Å². The molecule has 3 heteroatoms. The molecule has 0 amide bonds. The average molecular weight is 186 g/mol. The molecule has 0 radical (unpaired) electrons. The SMILES string of the molecule is C/C=C/[C@@H](OC(C)=O)[Si](C)(C)C. The molecule has 0 heterocycles. The fraction of sp³-hybridized carbons (Fsp3) is 0.667. The van der Waals surface area contributed by atoms with Crippen molar-refractivity contribution in [1.82, 2.24) is 0 Å². The summed E-state index contributed by atoms with van der Waals surface area (Å²) in [4.78, 5) is 10.7. The number of rotatable bonds is 3. The first-order chi connectivity index (χ1) is 5.38. The summed E-state index contributed by atoms with van der Waals surface area (Å²) < 4.78 is 5.19. The van der Waals surface area contributed by atoms with Gasteiger partial charge in [0.2, 0.25) is 0 Å². The lowest BCUT2D eigenvalue weighted by Crippen LogP contribution is -2.39. The van der Waals surface area contributed by atoms with Crippen LogP contribution in [0.25, 0.3) is 0 Å². The molecule has 0 saturated heterocycles. The number of hydrogen-bond acceptors (Lipinski definition) is 2. The molecule has 0 aromatic carbocycles. The van der Waals surface area contributed by atoms with Crippen molar-refractivity contribution in [2.75, 3.05) is 0 Å². The Balaban J connectivity index is 4.34. The van der Waals surface area contributed by atoms with Crippen LogP contribution in [0, 0.1) is 0 Å². The van der Waals surface area contributed by atoms with Crippen molar-refractivity contribution in [2.45, 2.75) is 39.2 Å². The summed E-state index contributed by atoms with van der Waals surface area (Å²) in [7, 11) is -1.40. The van der Waals surface area contributed by atoms with Gasteiger partial charge in [-0.25, -0.2) is 0 Å². The minimum absolute atomic E-state index is 0.0139. The Hall–Kier alpha value is -0.573. The third-order valence-electron chi connectivity index (χ3n) is 1.51. The van der Waals surface area contributed by atoms with Crippen LogP contribution in [0.3, 0.4) is 0 Å². The molecule has 70 valence electrons. The van der Waals surface area contributed by atoms with E-state index in [0.717, 1.165) is 0 Å². The Morgan fingerprint density at radius 3 is 2.17 bits per heavy atom. The van der Waals surface area contributed by atoms with Crippen LogP contribution in [-0.2, 0) is 9.53 Å². The zero-order valence-corrected chi connectivity index (χ0v) is 9.55. The lowest BCUT2D eigenvalue weighted by molar-refractivity contribution is -0.141. The number of allylic oxidation sites excluding steroid dienone is 1. The Labute approximate surface area is 75.6 Å². The van der Waals surface area contributed by atoms with Crippen LogP contribution in [-0.4, -0.2) is 19.8 Å². The van der Waals surface area contributed by atoms with Gasteiger partial charge in [-0.2, -0.15) is 0 Å². The van der Waals surface area contributed by atoms with E-state index < -0.39 is 8.07 Å². The molecule has 0 rings (SSSR count). The summed E-state index contributed by atoms with van der Waals surface area (Å²) in [5.74, 6) is -0.194. The number of esters is 1. The Morgan fingerprint density at radius 2 is 1.92 bits per heavy atom. The van der Waals surface area contributed by atoms with Crippen molar-refractivity contribution in [3.05, 3.63) is 12.2 Å². The van der Waals surface area contributed by atoms with E-state index in [0.29, 0.717) is 0 Å². The largest absolute Gasteiger partial charge is 0.462 e. The van der Waals surface area contributed by atoms with Crippen LogP contribution < -0.4 is 0 Å². The lowest BCUT2D eigenvalue weighted by atomic mass is 10.5. The average Bonchev–Trinajstić information content (AvgIpc) is 1.83. The maximum absolute atomic E-state index is 10.7. The molecule has 0 aliphatic heterocycles. The first-order valence-corrected chi connectivity index (χ1v) is 7.75. The zero-order valence-electron chi connectivity index (χ0n) is 8.55. The van der Waals surface area contributed by atoms with E-state index >= 15 is 0 Å². The molecule has 0 N–H and O–H groups in total. The van der Waals surface area contributed by atoms with E-state index in [1.165, 1.54) is 6.92 Å². The van der Waals surface area contributed by atoms with E-state index in [1.54, 1.807) is 0 Å². The summed E-state index contributed by atoms with van der Waals surface area (Å²) >= 11 is 0. The molecule has 0 unspecified atom stereocenters. The monoisotopic (exact) mass is 186 g/mol. The van der Waals surface area contributed by atoms with Gasteiger partial charge in [-0.1, -0.05) is 31.8 Å². The highest BCUT2D eigenvalue weighted by Crippen LogP contribution is 2.13. The normalized spacial score (nSPS) is 14.8. The van der Waals surface area contributed by atoms with Gasteiger partial charge in [0, 0.05) is 6.92 Å². The molecule has 0 saturated carbocycles. The molecule has 0 aromatic rings. The van der Waals surface area contributed by atoms with Gasteiger partial charge in [-0.15, -0.1) is 0 Å². The highest BCUT2D eigenvalue weighted by Gasteiger charge is 2.26. The van der Waals surface area contributed by atoms with Gasteiger partial charge in [-0.3, -0.25) is 4.79 Å². The number of carbonyl (C=O) groups is 1. The predicted octanol–water partition coefficient (Wildman–Crippen LogP) is 2.37. The second-order valence-electron chi connectivity index (χ2n) is 3.92. The number of ether oxygens (including phenoxy) is 1. The third kappa shape index (κ3) is 4.33. The first kappa shape index (κ1) is 11.4. The molecule has 0 aliphatic carbocycles. The first-order valence-electron chi connectivity index (χ1n) is 4.18. The highest BCUT2D eigenvalue weighted by atomic mass is 28.3. The standard InChI is InChI=1S/C9H18O2Si/c1-6-7-9(11-8(2)10)12(3,4)5/h6-7,9H,1-5H3/b7-6+/t9-/m0/s1. The molecular weight excluding hydrogens is 168 g/mol. The summed E-state index contributed by atoms with van der Waals surface area (Å²) in [6.07, 6.45) is 3.90. The van der Waals surface area contributed by atoms with E-state index in [2.05, 4.69) is 19.6 Å². The summed E-state index contributed by atoms with van der Waals surface area (Å²) in [5, 5.41) is 0. The minimum Gasteiger partial charge on any atom is -0.462 e. The maximum Gasteiger partial charge on any atom is 0.302 e. The summed E-state index contributed by atoms with van der Waals surface area (Å²) in [6, 6.07) is 0. The quantitative estimate of drug-likeness (QED) is 0.384. The second kappa shape index (κ2) is 4.45. The third-order valence-corrected chi connectivity index (χ3v) is 3.53. The van der Waals surface area contributed by atoms with Crippen LogP contribution in [0.4, 0.5) is 0 Å². The lowest BCUT2D eigenvalue weighted by Gasteiger charge is -2.25. The fourth-order valence-electron chi connectivity index (χ4n) is 0.858. The fourth-order valence-corrected chi connectivity index (χ4v) is 2.15. The molecule has 0 aliphatic rings. The topological polar surface area (TPSA) is 26.3 Å². The molecule has 12 heavy (non-hydrogen) atoms. The van der Waals surface area contributed by atoms with Crippen LogP contribution in [0.15, 0.2) is 12.2 Å². The Morgan fingerprint density at radius 1 is 1.42 bits per heavy atom. The van der Waals surface area contributed by atoms with Crippen molar-refractivity contribution in [1.29, 1.82) is 0 Å². The van der Waals surface area contributed by atoms with E-state index in [9.17, 15) is 4.79 Å². The van der Waals surface area contributed by atoms with Crippen molar-refractivity contribution < 1.29 is 9.53 Å². The molecule has 0 aromatic heterocycles. The van der Waals surface area contributed by atoms with Gasteiger partial charge in [0.1, 0.15) is 5.73 Å². The Kier molecular flexibility index (Phi) is 4.24. The highest BCUT2D eigenvalue weighted by molar-refractivity contribution is 6.77. The van der Waals surface area contributed by atoms with Gasteiger partial charge >= 0.3 is 5.97 Å². The van der Waals surface area contributed by atoms with Crippen LogP contribution in [0.5, 0.6) is 0 Å². The molecule has 0 spiro atoms. The molecule has 2 nitrogen and oxygen atoms in total. The molecule has 1 atom stereocenters. The number of hydrogen-bond donors (Lipinski definition) is 0. The van der Waals surface area contributed by atoms with Crippen LogP contribution >= 0.6 is 0 Å². The Bertz CT molecular complexity index is 179. The van der Waals surface area contributed by atoms with Gasteiger partial charge in [0.15, 0.2) is 0 Å². The van der Waals surface area contributed by atoms with E-state index in [1.807, 2.05) is 19.1 Å². The minimum atomic E-state index is -1.40. The molecule has 0 fully saturated rings. The van der Waals surface area contributed by atoms with Crippen molar-refractivity contribution in [3.63, 3.8) is 0 Å². The smallest absolute Gasteiger partial charge is 0.302 e.